The third-order valence-electron chi connectivity index (χ3n) is 3.98. The quantitative estimate of drug-likeness (QED) is 0.804. The number of halogens is 1. The van der Waals surface area contributed by atoms with E-state index in [4.69, 9.17) is 9.47 Å². The lowest BCUT2D eigenvalue weighted by Gasteiger charge is -2.46. The van der Waals surface area contributed by atoms with E-state index in [1.54, 1.807) is 11.3 Å². The van der Waals surface area contributed by atoms with Crippen LogP contribution in [-0.4, -0.2) is 26.3 Å². The first-order valence-electron chi connectivity index (χ1n) is 5.55. The SMILES string of the molecule is COC(=O)C1(C2(c3cc(Br)cs3)COC2)CC1. The van der Waals surface area contributed by atoms with Crippen molar-refractivity contribution < 1.29 is 14.3 Å². The normalized spacial score (nSPS) is 23.9. The first-order chi connectivity index (χ1) is 8.14. The molecule has 1 aromatic rings. The molecule has 92 valence electrons. The second kappa shape index (κ2) is 3.80. The van der Waals surface area contributed by atoms with Gasteiger partial charge in [0.15, 0.2) is 0 Å². The summed E-state index contributed by atoms with van der Waals surface area (Å²) in [6.07, 6.45) is 1.83. The lowest BCUT2D eigenvalue weighted by atomic mass is 9.69. The molecule has 1 saturated carbocycles. The van der Waals surface area contributed by atoms with Crippen molar-refractivity contribution in [1.82, 2.24) is 0 Å². The summed E-state index contributed by atoms with van der Waals surface area (Å²) in [6.45, 7) is 1.27. The third-order valence-corrected chi connectivity index (χ3v) is 5.87. The molecule has 5 heteroatoms. The molecule has 2 heterocycles. The molecule has 0 amide bonds. The standard InChI is InChI=1S/C12H13BrO3S/c1-15-10(14)11(2-3-11)12(6-16-7-12)9-4-8(13)5-17-9/h4-5H,2-3,6-7H2,1H3. The minimum Gasteiger partial charge on any atom is -0.469 e. The smallest absolute Gasteiger partial charge is 0.312 e. The summed E-state index contributed by atoms with van der Waals surface area (Å²) < 4.78 is 11.5. The zero-order valence-corrected chi connectivity index (χ0v) is 11.9. The van der Waals surface area contributed by atoms with Crippen LogP contribution in [0, 0.1) is 5.41 Å². The highest BCUT2D eigenvalue weighted by molar-refractivity contribution is 9.10. The van der Waals surface area contributed by atoms with Gasteiger partial charge in [-0.25, -0.2) is 0 Å². The van der Waals surface area contributed by atoms with E-state index in [0.717, 1.165) is 17.3 Å². The van der Waals surface area contributed by atoms with Crippen LogP contribution in [-0.2, 0) is 19.7 Å². The molecule has 2 aliphatic rings. The molecular weight excluding hydrogens is 304 g/mol. The van der Waals surface area contributed by atoms with Gasteiger partial charge in [0.2, 0.25) is 0 Å². The number of carbonyl (C=O) groups excluding carboxylic acids is 1. The Hall–Kier alpha value is -0.390. The van der Waals surface area contributed by atoms with E-state index in [9.17, 15) is 4.79 Å². The monoisotopic (exact) mass is 316 g/mol. The number of hydrogen-bond acceptors (Lipinski definition) is 4. The molecule has 1 saturated heterocycles. The predicted octanol–water partition coefficient (Wildman–Crippen LogP) is 2.73. The van der Waals surface area contributed by atoms with E-state index in [2.05, 4.69) is 27.4 Å². The Kier molecular flexibility index (Phi) is 2.61. The highest BCUT2D eigenvalue weighted by Gasteiger charge is 2.69. The van der Waals surface area contributed by atoms with Crippen LogP contribution in [0.1, 0.15) is 17.7 Å². The number of ether oxygens (including phenoxy) is 2. The molecule has 1 aliphatic carbocycles. The Morgan fingerprint density at radius 3 is 2.59 bits per heavy atom. The molecule has 1 aromatic heterocycles. The lowest BCUT2D eigenvalue weighted by molar-refractivity contribution is -0.164. The minimum atomic E-state index is -0.329. The van der Waals surface area contributed by atoms with Gasteiger partial charge < -0.3 is 9.47 Å². The van der Waals surface area contributed by atoms with E-state index in [0.29, 0.717) is 13.2 Å². The second-order valence-electron chi connectivity index (χ2n) is 4.78. The molecule has 3 rings (SSSR count). The van der Waals surface area contributed by atoms with E-state index < -0.39 is 0 Å². The molecule has 0 N–H and O–H groups in total. The van der Waals surface area contributed by atoms with Crippen molar-refractivity contribution in [1.29, 1.82) is 0 Å². The van der Waals surface area contributed by atoms with E-state index in [1.807, 2.05) is 0 Å². The van der Waals surface area contributed by atoms with Crippen molar-refractivity contribution in [2.45, 2.75) is 18.3 Å². The summed E-state index contributed by atoms with van der Waals surface area (Å²) in [5.74, 6) is -0.0784. The average Bonchev–Trinajstić information content (AvgIpc) is 2.95. The Morgan fingerprint density at radius 1 is 1.53 bits per heavy atom. The minimum absolute atomic E-state index is 0.0784. The van der Waals surface area contributed by atoms with E-state index in [1.165, 1.54) is 12.0 Å². The molecule has 0 radical (unpaired) electrons. The summed E-state index contributed by atoms with van der Waals surface area (Å²) in [5, 5.41) is 2.06. The number of carbonyl (C=O) groups is 1. The van der Waals surface area contributed by atoms with Crippen LogP contribution >= 0.6 is 27.3 Å². The molecule has 0 bridgehead atoms. The number of esters is 1. The van der Waals surface area contributed by atoms with Crippen molar-refractivity contribution in [2.24, 2.45) is 5.41 Å². The number of rotatable bonds is 3. The van der Waals surface area contributed by atoms with Crippen LogP contribution in [0.15, 0.2) is 15.9 Å². The van der Waals surface area contributed by atoms with Crippen molar-refractivity contribution in [3.05, 3.63) is 20.8 Å². The van der Waals surface area contributed by atoms with Gasteiger partial charge in [-0.1, -0.05) is 0 Å². The maximum Gasteiger partial charge on any atom is 0.312 e. The predicted molar refractivity (Wildman–Crippen MR) is 68.2 cm³/mol. The van der Waals surface area contributed by atoms with E-state index in [-0.39, 0.29) is 16.8 Å². The Bertz CT molecular complexity index is 460. The van der Waals surface area contributed by atoms with Crippen LogP contribution in [0.5, 0.6) is 0 Å². The first-order valence-corrected chi connectivity index (χ1v) is 7.23. The fourth-order valence-electron chi connectivity index (χ4n) is 2.72. The fraction of sp³-hybridized carbons (Fsp3) is 0.583. The Morgan fingerprint density at radius 2 is 2.24 bits per heavy atom. The molecule has 0 spiro atoms. The number of thiophene rings is 1. The van der Waals surface area contributed by atoms with E-state index >= 15 is 0 Å². The van der Waals surface area contributed by atoms with Crippen LogP contribution in [0.2, 0.25) is 0 Å². The van der Waals surface area contributed by atoms with Gasteiger partial charge in [-0.2, -0.15) is 0 Å². The van der Waals surface area contributed by atoms with Crippen LogP contribution in [0.3, 0.4) is 0 Å². The van der Waals surface area contributed by atoms with Gasteiger partial charge in [0.25, 0.3) is 0 Å². The van der Waals surface area contributed by atoms with Crippen molar-refractivity contribution >= 4 is 33.2 Å². The van der Waals surface area contributed by atoms with Crippen molar-refractivity contribution in [3.63, 3.8) is 0 Å². The fourth-order valence-corrected chi connectivity index (χ4v) is 4.43. The maximum atomic E-state index is 12.0. The van der Waals surface area contributed by atoms with Crippen LogP contribution in [0.4, 0.5) is 0 Å². The molecule has 0 aromatic carbocycles. The zero-order chi connectivity index (χ0) is 12.1. The van der Waals surface area contributed by atoms with Gasteiger partial charge in [-0.15, -0.1) is 11.3 Å². The molecule has 3 nitrogen and oxygen atoms in total. The maximum absolute atomic E-state index is 12.0. The van der Waals surface area contributed by atoms with Crippen LogP contribution < -0.4 is 0 Å². The van der Waals surface area contributed by atoms with Gasteiger partial charge in [0.05, 0.1) is 31.2 Å². The highest BCUT2D eigenvalue weighted by atomic mass is 79.9. The molecule has 1 aliphatic heterocycles. The number of methoxy groups -OCH3 is 1. The molecule has 2 fully saturated rings. The van der Waals surface area contributed by atoms with Crippen molar-refractivity contribution in [2.75, 3.05) is 20.3 Å². The third kappa shape index (κ3) is 1.45. The highest BCUT2D eigenvalue weighted by Crippen LogP contribution is 2.64. The molecule has 0 unspecified atom stereocenters. The molecular formula is C12H13BrO3S. The topological polar surface area (TPSA) is 35.5 Å². The van der Waals surface area contributed by atoms with Gasteiger partial charge >= 0.3 is 5.97 Å². The summed E-state index contributed by atoms with van der Waals surface area (Å²) in [4.78, 5) is 13.3. The first kappa shape index (κ1) is 11.7. The Balaban J connectivity index is 2.01. The van der Waals surface area contributed by atoms with Crippen molar-refractivity contribution in [3.8, 4) is 0 Å². The summed E-state index contributed by atoms with van der Waals surface area (Å²) in [7, 11) is 1.47. The average molecular weight is 317 g/mol. The summed E-state index contributed by atoms with van der Waals surface area (Å²) in [5.41, 5.74) is -0.471. The number of hydrogen-bond donors (Lipinski definition) is 0. The molecule has 17 heavy (non-hydrogen) atoms. The largest absolute Gasteiger partial charge is 0.469 e. The second-order valence-corrected chi connectivity index (χ2v) is 6.60. The summed E-state index contributed by atoms with van der Waals surface area (Å²) in [6, 6.07) is 2.11. The zero-order valence-electron chi connectivity index (χ0n) is 9.49. The van der Waals surface area contributed by atoms with Gasteiger partial charge in [-0.05, 0) is 34.8 Å². The van der Waals surface area contributed by atoms with Gasteiger partial charge in [-0.3, -0.25) is 4.79 Å². The van der Waals surface area contributed by atoms with Gasteiger partial charge in [0, 0.05) is 14.7 Å². The van der Waals surface area contributed by atoms with Gasteiger partial charge in [0.1, 0.15) is 0 Å². The Labute approximate surface area is 112 Å². The molecule has 0 atom stereocenters. The summed E-state index contributed by atoms with van der Waals surface area (Å²) >= 11 is 5.17. The van der Waals surface area contributed by atoms with Crippen LogP contribution in [0.25, 0.3) is 0 Å². The lowest BCUT2D eigenvalue weighted by Crippen LogP contribution is -2.56.